The maximum absolute atomic E-state index is 12.2. The standard InChI is InChI=1S/C22H17Cl3N2O3/c1-29-20-4-2-3-15(12-26-27-22(28)14-5-8-17(23)9-6-14)21(20)30-13-16-7-10-18(24)11-19(16)25/h2-12H,13H2,1H3,(H,27,28)/b26-12-. The van der Waals surface area contributed by atoms with Crippen molar-refractivity contribution < 1.29 is 14.3 Å². The van der Waals surface area contributed by atoms with Crippen LogP contribution in [0.25, 0.3) is 0 Å². The zero-order chi connectivity index (χ0) is 21.5. The number of para-hydroxylation sites is 1. The summed E-state index contributed by atoms with van der Waals surface area (Å²) in [6.45, 7) is 0.203. The summed E-state index contributed by atoms with van der Waals surface area (Å²) in [6.07, 6.45) is 1.48. The Balaban J connectivity index is 1.75. The molecule has 0 aliphatic heterocycles. The summed E-state index contributed by atoms with van der Waals surface area (Å²) in [6, 6.07) is 17.0. The van der Waals surface area contributed by atoms with Crippen LogP contribution in [0.4, 0.5) is 0 Å². The van der Waals surface area contributed by atoms with Crippen LogP contribution < -0.4 is 14.9 Å². The molecule has 0 heterocycles. The Morgan fingerprint density at radius 3 is 2.47 bits per heavy atom. The van der Waals surface area contributed by atoms with Crippen LogP contribution in [0.2, 0.25) is 15.1 Å². The molecule has 5 nitrogen and oxygen atoms in total. The van der Waals surface area contributed by atoms with Crippen molar-refractivity contribution in [2.24, 2.45) is 5.10 Å². The molecule has 0 aromatic heterocycles. The fourth-order valence-corrected chi connectivity index (χ4v) is 3.15. The number of benzene rings is 3. The second-order valence-electron chi connectivity index (χ2n) is 6.11. The molecule has 0 aliphatic rings. The lowest BCUT2D eigenvalue weighted by atomic mass is 10.2. The normalized spacial score (nSPS) is 10.8. The minimum absolute atomic E-state index is 0.203. The van der Waals surface area contributed by atoms with Gasteiger partial charge in [0.25, 0.3) is 5.91 Å². The van der Waals surface area contributed by atoms with Crippen LogP contribution in [-0.2, 0) is 6.61 Å². The molecule has 0 aliphatic carbocycles. The van der Waals surface area contributed by atoms with Gasteiger partial charge in [0.15, 0.2) is 11.5 Å². The highest BCUT2D eigenvalue weighted by Gasteiger charge is 2.11. The number of halogens is 3. The van der Waals surface area contributed by atoms with Crippen LogP contribution >= 0.6 is 34.8 Å². The average Bonchev–Trinajstić information content (AvgIpc) is 2.74. The van der Waals surface area contributed by atoms with Crippen molar-refractivity contribution in [3.8, 4) is 11.5 Å². The number of hydrogen-bond acceptors (Lipinski definition) is 4. The molecule has 0 radical (unpaired) electrons. The molecule has 1 amide bonds. The minimum Gasteiger partial charge on any atom is -0.493 e. The second kappa shape index (κ2) is 10.3. The molecule has 0 saturated heterocycles. The maximum atomic E-state index is 12.2. The number of nitrogens with zero attached hydrogens (tertiary/aromatic N) is 1. The van der Waals surface area contributed by atoms with E-state index in [2.05, 4.69) is 10.5 Å². The number of hydrazone groups is 1. The Bertz CT molecular complexity index is 1070. The smallest absolute Gasteiger partial charge is 0.271 e. The third-order valence-electron chi connectivity index (χ3n) is 4.09. The largest absolute Gasteiger partial charge is 0.493 e. The molecule has 0 saturated carbocycles. The van der Waals surface area contributed by atoms with Gasteiger partial charge in [-0.3, -0.25) is 4.79 Å². The zero-order valence-electron chi connectivity index (χ0n) is 15.9. The van der Waals surface area contributed by atoms with Gasteiger partial charge in [0.1, 0.15) is 6.61 Å². The van der Waals surface area contributed by atoms with Gasteiger partial charge in [-0.15, -0.1) is 0 Å². The van der Waals surface area contributed by atoms with Crippen LogP contribution in [0.1, 0.15) is 21.5 Å². The number of ether oxygens (including phenoxy) is 2. The van der Waals surface area contributed by atoms with Gasteiger partial charge in [0, 0.05) is 31.8 Å². The fraction of sp³-hybridized carbons (Fsp3) is 0.0909. The number of amides is 1. The van der Waals surface area contributed by atoms with Crippen LogP contribution in [0.5, 0.6) is 11.5 Å². The average molecular weight is 464 g/mol. The van der Waals surface area contributed by atoms with Gasteiger partial charge >= 0.3 is 0 Å². The van der Waals surface area contributed by atoms with E-state index in [9.17, 15) is 4.79 Å². The van der Waals surface area contributed by atoms with Crippen molar-refractivity contribution in [3.63, 3.8) is 0 Å². The predicted octanol–water partition coefficient (Wildman–Crippen LogP) is 6.00. The van der Waals surface area contributed by atoms with E-state index in [1.807, 2.05) is 0 Å². The highest BCUT2D eigenvalue weighted by Crippen LogP contribution is 2.32. The third-order valence-corrected chi connectivity index (χ3v) is 4.93. The minimum atomic E-state index is -0.360. The van der Waals surface area contributed by atoms with Crippen LogP contribution in [0, 0.1) is 0 Å². The first-order chi connectivity index (χ1) is 14.5. The highest BCUT2D eigenvalue weighted by atomic mass is 35.5. The summed E-state index contributed by atoms with van der Waals surface area (Å²) >= 11 is 18.0. The van der Waals surface area contributed by atoms with E-state index in [1.165, 1.54) is 6.21 Å². The maximum Gasteiger partial charge on any atom is 0.271 e. The first kappa shape index (κ1) is 22.0. The van der Waals surface area contributed by atoms with Crippen LogP contribution in [0.15, 0.2) is 65.8 Å². The van der Waals surface area contributed by atoms with Gasteiger partial charge in [-0.25, -0.2) is 5.43 Å². The van der Waals surface area contributed by atoms with Crippen LogP contribution in [0.3, 0.4) is 0 Å². The number of methoxy groups -OCH3 is 1. The Morgan fingerprint density at radius 2 is 1.77 bits per heavy atom. The highest BCUT2D eigenvalue weighted by molar-refractivity contribution is 6.35. The van der Waals surface area contributed by atoms with Crippen molar-refractivity contribution in [3.05, 3.63) is 92.4 Å². The zero-order valence-corrected chi connectivity index (χ0v) is 18.1. The molecule has 0 spiro atoms. The van der Waals surface area contributed by atoms with Crippen molar-refractivity contribution in [1.29, 1.82) is 0 Å². The molecule has 3 aromatic carbocycles. The van der Waals surface area contributed by atoms with E-state index in [0.29, 0.717) is 37.7 Å². The Labute approximate surface area is 189 Å². The number of nitrogens with one attached hydrogen (secondary N) is 1. The molecule has 154 valence electrons. The summed E-state index contributed by atoms with van der Waals surface area (Å²) in [7, 11) is 1.54. The molecule has 1 N–H and O–H groups in total. The van der Waals surface area contributed by atoms with Gasteiger partial charge in [0.2, 0.25) is 0 Å². The van der Waals surface area contributed by atoms with E-state index in [0.717, 1.165) is 5.56 Å². The SMILES string of the molecule is COc1cccc(/C=N\NC(=O)c2ccc(Cl)cc2)c1OCc1ccc(Cl)cc1Cl. The molecular weight excluding hydrogens is 447 g/mol. The van der Waals surface area contributed by atoms with Crippen molar-refractivity contribution >= 4 is 46.9 Å². The summed E-state index contributed by atoms with van der Waals surface area (Å²) in [5, 5.41) is 5.62. The molecule has 30 heavy (non-hydrogen) atoms. The quantitative estimate of drug-likeness (QED) is 0.345. The molecule has 0 fully saturated rings. The topological polar surface area (TPSA) is 59.9 Å². The van der Waals surface area contributed by atoms with E-state index in [4.69, 9.17) is 44.3 Å². The first-order valence-electron chi connectivity index (χ1n) is 8.80. The van der Waals surface area contributed by atoms with E-state index in [-0.39, 0.29) is 12.5 Å². The Hall–Kier alpha value is -2.73. The lowest BCUT2D eigenvalue weighted by Gasteiger charge is -2.14. The fourth-order valence-electron chi connectivity index (χ4n) is 2.56. The van der Waals surface area contributed by atoms with E-state index >= 15 is 0 Å². The van der Waals surface area contributed by atoms with E-state index < -0.39 is 0 Å². The number of rotatable bonds is 7. The predicted molar refractivity (Wildman–Crippen MR) is 120 cm³/mol. The van der Waals surface area contributed by atoms with E-state index in [1.54, 1.807) is 67.8 Å². The molecule has 3 rings (SSSR count). The molecule has 0 unspecified atom stereocenters. The second-order valence-corrected chi connectivity index (χ2v) is 7.39. The Kier molecular flexibility index (Phi) is 7.57. The van der Waals surface area contributed by atoms with Gasteiger partial charge in [-0.2, -0.15) is 5.10 Å². The third kappa shape index (κ3) is 5.66. The number of carbonyl (C=O) groups is 1. The lowest BCUT2D eigenvalue weighted by molar-refractivity contribution is 0.0955. The molecule has 0 atom stereocenters. The molecular formula is C22H17Cl3N2O3. The van der Waals surface area contributed by atoms with Gasteiger partial charge in [0.05, 0.1) is 13.3 Å². The van der Waals surface area contributed by atoms with Gasteiger partial charge < -0.3 is 9.47 Å². The van der Waals surface area contributed by atoms with Crippen molar-refractivity contribution in [2.75, 3.05) is 7.11 Å². The summed E-state index contributed by atoms with van der Waals surface area (Å²) in [5.74, 6) is 0.629. The van der Waals surface area contributed by atoms with Crippen LogP contribution in [-0.4, -0.2) is 19.2 Å². The lowest BCUT2D eigenvalue weighted by Crippen LogP contribution is -2.17. The molecule has 8 heteroatoms. The monoisotopic (exact) mass is 462 g/mol. The summed E-state index contributed by atoms with van der Waals surface area (Å²) in [5.41, 5.74) is 4.31. The Morgan fingerprint density at radius 1 is 1.03 bits per heavy atom. The molecule has 3 aromatic rings. The number of carbonyl (C=O) groups excluding carboxylic acids is 1. The first-order valence-corrected chi connectivity index (χ1v) is 9.94. The molecule has 0 bridgehead atoms. The van der Waals surface area contributed by atoms with Crippen molar-refractivity contribution in [1.82, 2.24) is 5.43 Å². The van der Waals surface area contributed by atoms with Gasteiger partial charge in [-0.05, 0) is 48.5 Å². The summed E-state index contributed by atoms with van der Waals surface area (Å²) < 4.78 is 11.3. The summed E-state index contributed by atoms with van der Waals surface area (Å²) in [4.78, 5) is 12.2. The van der Waals surface area contributed by atoms with Crippen molar-refractivity contribution in [2.45, 2.75) is 6.61 Å². The number of hydrogen-bond donors (Lipinski definition) is 1. The van der Waals surface area contributed by atoms with Gasteiger partial charge in [-0.1, -0.05) is 46.9 Å².